The van der Waals surface area contributed by atoms with Gasteiger partial charge in [0.2, 0.25) is 0 Å². The van der Waals surface area contributed by atoms with Gasteiger partial charge in [-0.3, -0.25) is 0 Å². The molecule has 3 aromatic rings. The van der Waals surface area contributed by atoms with Gasteiger partial charge in [0, 0.05) is 11.1 Å². The van der Waals surface area contributed by atoms with Crippen molar-refractivity contribution >= 4 is 8.32 Å². The second-order valence-electron chi connectivity index (χ2n) is 15.2. The Morgan fingerprint density at radius 3 is 1.73 bits per heavy atom. The molecule has 0 amide bonds. The number of benzene rings is 3. The maximum Gasteiger partial charge on any atom is 0.192 e. The first-order valence-corrected chi connectivity index (χ1v) is 20.7. The highest BCUT2D eigenvalue weighted by molar-refractivity contribution is 6.74. The molecule has 276 valence electrons. The van der Waals surface area contributed by atoms with Crippen LogP contribution in [0.25, 0.3) is 0 Å². The summed E-state index contributed by atoms with van der Waals surface area (Å²) in [4.78, 5) is 0. The molecule has 7 rings (SSSR count). The van der Waals surface area contributed by atoms with Crippen molar-refractivity contribution in [1.29, 1.82) is 0 Å². The summed E-state index contributed by atoms with van der Waals surface area (Å²) >= 11 is 0. The first kappa shape index (κ1) is 36.8. The molecule has 0 aromatic heterocycles. The molecule has 0 bridgehead atoms. The molecule has 4 aliphatic rings. The summed E-state index contributed by atoms with van der Waals surface area (Å²) in [6.07, 6.45) is -10.7. The predicted molar refractivity (Wildman–Crippen MR) is 188 cm³/mol. The SMILES string of the molecule is CC(C)(C)[Si](C)(C)O[C@H]1[C@@H](O[C@H]2O[C@@H]3CO[C@@H](c4ccccc4)O[C@H]3[C@H](O)[C@H]2O)O[C@@H]2CO[C@@H](c3ccccc3)O[C@H]2[C@@H]1OCc1ccccc1. The van der Waals surface area contributed by atoms with Crippen molar-refractivity contribution in [2.75, 3.05) is 13.2 Å². The lowest BCUT2D eigenvalue weighted by atomic mass is 9.96. The molecule has 3 aromatic carbocycles. The van der Waals surface area contributed by atoms with Gasteiger partial charge in [-0.05, 0) is 23.7 Å². The van der Waals surface area contributed by atoms with Crippen LogP contribution in [0.4, 0.5) is 0 Å². The molecule has 0 saturated carbocycles. The van der Waals surface area contributed by atoms with Gasteiger partial charge in [-0.25, -0.2) is 0 Å². The molecular formula is C39H50O11Si. The smallest absolute Gasteiger partial charge is 0.192 e. The second kappa shape index (κ2) is 15.4. The monoisotopic (exact) mass is 722 g/mol. The average Bonchev–Trinajstić information content (AvgIpc) is 3.14. The molecule has 4 saturated heterocycles. The van der Waals surface area contributed by atoms with Crippen molar-refractivity contribution in [3.05, 3.63) is 108 Å². The Kier molecular flexibility index (Phi) is 11.1. The van der Waals surface area contributed by atoms with Gasteiger partial charge in [-0.15, -0.1) is 0 Å². The van der Waals surface area contributed by atoms with Crippen molar-refractivity contribution < 1.29 is 52.5 Å². The molecule has 12 atom stereocenters. The molecule has 0 aliphatic carbocycles. The normalized spacial score (nSPS) is 35.8. The molecule has 0 radical (unpaired) electrons. The van der Waals surface area contributed by atoms with Crippen LogP contribution < -0.4 is 0 Å². The van der Waals surface area contributed by atoms with Crippen molar-refractivity contribution in [2.24, 2.45) is 0 Å². The zero-order valence-corrected chi connectivity index (χ0v) is 30.8. The van der Waals surface area contributed by atoms with E-state index in [9.17, 15) is 10.2 Å². The third-order valence-electron chi connectivity index (χ3n) is 10.6. The van der Waals surface area contributed by atoms with Gasteiger partial charge < -0.3 is 52.5 Å². The van der Waals surface area contributed by atoms with Gasteiger partial charge in [0.25, 0.3) is 0 Å². The van der Waals surface area contributed by atoms with E-state index in [1.807, 2.05) is 91.0 Å². The van der Waals surface area contributed by atoms with Gasteiger partial charge in [0.05, 0.1) is 19.8 Å². The van der Waals surface area contributed by atoms with E-state index in [1.54, 1.807) is 0 Å². The molecular weight excluding hydrogens is 673 g/mol. The van der Waals surface area contributed by atoms with E-state index >= 15 is 0 Å². The number of rotatable bonds is 9. The zero-order valence-electron chi connectivity index (χ0n) is 29.8. The topological polar surface area (TPSA) is 124 Å². The molecule has 4 fully saturated rings. The summed E-state index contributed by atoms with van der Waals surface area (Å²) < 4.78 is 58.3. The summed E-state index contributed by atoms with van der Waals surface area (Å²) in [6, 6.07) is 29.1. The molecule has 51 heavy (non-hydrogen) atoms. The highest BCUT2D eigenvalue weighted by Gasteiger charge is 2.57. The Morgan fingerprint density at radius 1 is 0.647 bits per heavy atom. The van der Waals surface area contributed by atoms with Crippen molar-refractivity contribution in [3.63, 3.8) is 0 Å². The minimum atomic E-state index is -2.51. The lowest BCUT2D eigenvalue weighted by Crippen LogP contribution is -2.68. The van der Waals surface area contributed by atoms with E-state index in [2.05, 4.69) is 33.9 Å². The first-order chi connectivity index (χ1) is 24.5. The molecule has 4 heterocycles. The van der Waals surface area contributed by atoms with Crippen LogP contribution >= 0.6 is 0 Å². The van der Waals surface area contributed by atoms with Crippen LogP contribution in [0.1, 0.15) is 50.0 Å². The second-order valence-corrected chi connectivity index (χ2v) is 19.9. The number of aliphatic hydroxyl groups excluding tert-OH is 2. The minimum absolute atomic E-state index is 0.124. The molecule has 0 spiro atoms. The molecule has 4 aliphatic heterocycles. The van der Waals surface area contributed by atoms with Gasteiger partial charge >= 0.3 is 0 Å². The fourth-order valence-corrected chi connectivity index (χ4v) is 7.92. The maximum atomic E-state index is 11.4. The van der Waals surface area contributed by atoms with Crippen LogP contribution in [0, 0.1) is 0 Å². The van der Waals surface area contributed by atoms with E-state index in [-0.39, 0.29) is 18.3 Å². The van der Waals surface area contributed by atoms with Crippen molar-refractivity contribution in [2.45, 2.75) is 120 Å². The summed E-state index contributed by atoms with van der Waals surface area (Å²) in [5, 5.41) is 22.6. The fraction of sp³-hybridized carbons (Fsp3) is 0.538. The quantitative estimate of drug-likeness (QED) is 0.277. The fourth-order valence-electron chi connectivity index (χ4n) is 6.64. The summed E-state index contributed by atoms with van der Waals surface area (Å²) in [7, 11) is -2.51. The third-order valence-corrected chi connectivity index (χ3v) is 15.0. The molecule has 2 N–H and O–H groups in total. The van der Waals surface area contributed by atoms with Crippen LogP contribution in [0.5, 0.6) is 0 Å². The van der Waals surface area contributed by atoms with Gasteiger partial charge in [0.1, 0.15) is 48.8 Å². The van der Waals surface area contributed by atoms with E-state index in [1.165, 1.54) is 0 Å². The number of ether oxygens (including phenoxy) is 8. The zero-order chi connectivity index (χ0) is 35.8. The molecule has 11 nitrogen and oxygen atoms in total. The number of fused-ring (bicyclic) bond motifs is 2. The van der Waals surface area contributed by atoms with Crippen LogP contribution in [0.3, 0.4) is 0 Å². The predicted octanol–water partition coefficient (Wildman–Crippen LogP) is 5.38. The third kappa shape index (κ3) is 8.03. The minimum Gasteiger partial charge on any atom is -0.406 e. The average molecular weight is 723 g/mol. The summed E-state index contributed by atoms with van der Waals surface area (Å²) in [5.41, 5.74) is 2.67. The van der Waals surface area contributed by atoms with Gasteiger partial charge in [-0.1, -0.05) is 112 Å². The van der Waals surface area contributed by atoms with E-state index < -0.39 is 82.3 Å². The number of hydrogen-bond acceptors (Lipinski definition) is 11. The van der Waals surface area contributed by atoms with Crippen LogP contribution in [0.2, 0.25) is 18.1 Å². The lowest BCUT2D eigenvalue weighted by Gasteiger charge is -2.53. The Labute approximate surface area is 300 Å². The number of aliphatic hydroxyl groups is 2. The van der Waals surface area contributed by atoms with Crippen LogP contribution in [-0.2, 0) is 48.9 Å². The van der Waals surface area contributed by atoms with Gasteiger partial charge in [-0.2, -0.15) is 0 Å². The highest BCUT2D eigenvalue weighted by atomic mass is 28.4. The Morgan fingerprint density at radius 2 is 1.16 bits per heavy atom. The van der Waals surface area contributed by atoms with Crippen LogP contribution in [0.15, 0.2) is 91.0 Å². The highest BCUT2D eigenvalue weighted by Crippen LogP contribution is 2.43. The Hall–Kier alpha value is -2.56. The maximum absolute atomic E-state index is 11.4. The molecule has 12 heteroatoms. The summed E-state index contributed by atoms with van der Waals surface area (Å²) in [6.45, 7) is 11.4. The largest absolute Gasteiger partial charge is 0.406 e. The number of hydrogen-bond donors (Lipinski definition) is 2. The Balaban J connectivity index is 1.16. The first-order valence-electron chi connectivity index (χ1n) is 17.8. The standard InChI is InChI=1S/C39H50O11Si/c1-39(2,3)51(4,5)50-34-33(42-21-24-15-9-6-10-16-24)32-28(23-44-36(48-32)26-19-13-8-14-20-26)46-38(34)49-37-30(41)29(40)31-27(45-37)22-43-35(47-31)25-17-11-7-12-18-25/h6-20,27-38,40-41H,21-23H2,1-5H3/t27-,28-,29-,30-,31-,32-,33+,34-,35-,36-,37-,38-/m1/s1. The summed E-state index contributed by atoms with van der Waals surface area (Å²) in [5.74, 6) is 0. The van der Waals surface area contributed by atoms with Gasteiger partial charge in [0.15, 0.2) is 33.5 Å². The molecule has 0 unspecified atom stereocenters. The van der Waals surface area contributed by atoms with E-state index in [4.69, 9.17) is 42.3 Å². The van der Waals surface area contributed by atoms with Crippen molar-refractivity contribution in [1.82, 2.24) is 0 Å². The van der Waals surface area contributed by atoms with Crippen molar-refractivity contribution in [3.8, 4) is 0 Å². The lowest BCUT2D eigenvalue weighted by molar-refractivity contribution is -0.412. The Bertz CT molecular complexity index is 1540. The van der Waals surface area contributed by atoms with Crippen LogP contribution in [-0.4, -0.2) is 93.2 Å². The van der Waals surface area contributed by atoms with E-state index in [0.29, 0.717) is 6.61 Å². The van der Waals surface area contributed by atoms with E-state index in [0.717, 1.165) is 16.7 Å².